The molecular formula is C15H21NO4. The van der Waals surface area contributed by atoms with Crippen LogP contribution in [-0.2, 0) is 14.3 Å². The Kier molecular flexibility index (Phi) is 6.18. The van der Waals surface area contributed by atoms with E-state index in [0.29, 0.717) is 12.0 Å². The number of ether oxygens (including phenoxy) is 1. The fraction of sp³-hybridized carbons (Fsp3) is 0.467. The van der Waals surface area contributed by atoms with E-state index in [4.69, 9.17) is 0 Å². The van der Waals surface area contributed by atoms with E-state index in [1.807, 2.05) is 13.8 Å². The highest BCUT2D eigenvalue weighted by Crippen LogP contribution is 2.13. The smallest absolute Gasteiger partial charge is 0.328 e. The first kappa shape index (κ1) is 16.2. The van der Waals surface area contributed by atoms with Crippen LogP contribution in [0.3, 0.4) is 0 Å². The molecule has 2 N–H and O–H groups in total. The van der Waals surface area contributed by atoms with Crippen molar-refractivity contribution in [3.63, 3.8) is 0 Å². The molecule has 0 aliphatic heterocycles. The van der Waals surface area contributed by atoms with E-state index >= 15 is 0 Å². The third-order valence-electron chi connectivity index (χ3n) is 2.87. The maximum Gasteiger partial charge on any atom is 0.328 e. The number of esters is 1. The van der Waals surface area contributed by atoms with Crippen molar-refractivity contribution < 1.29 is 19.4 Å². The second-order valence-electron chi connectivity index (χ2n) is 5.03. The van der Waals surface area contributed by atoms with Crippen LogP contribution in [0, 0.1) is 5.92 Å². The first-order valence-electron chi connectivity index (χ1n) is 6.57. The van der Waals surface area contributed by atoms with E-state index in [1.165, 1.54) is 7.11 Å². The Morgan fingerprint density at radius 2 is 1.85 bits per heavy atom. The second kappa shape index (κ2) is 7.65. The van der Waals surface area contributed by atoms with E-state index in [-0.39, 0.29) is 5.92 Å². The van der Waals surface area contributed by atoms with Gasteiger partial charge in [-0.1, -0.05) is 44.2 Å². The zero-order valence-electron chi connectivity index (χ0n) is 12.0. The van der Waals surface area contributed by atoms with Crippen LogP contribution >= 0.6 is 0 Å². The molecule has 0 aromatic heterocycles. The van der Waals surface area contributed by atoms with Gasteiger partial charge in [0, 0.05) is 0 Å². The fourth-order valence-corrected chi connectivity index (χ4v) is 1.87. The molecule has 5 heteroatoms. The highest BCUT2D eigenvalue weighted by atomic mass is 16.5. The molecule has 110 valence electrons. The van der Waals surface area contributed by atoms with Gasteiger partial charge in [0.1, 0.15) is 6.04 Å². The predicted octanol–water partition coefficient (Wildman–Crippen LogP) is 1.42. The predicted molar refractivity (Wildman–Crippen MR) is 74.8 cm³/mol. The van der Waals surface area contributed by atoms with Crippen molar-refractivity contribution in [1.29, 1.82) is 0 Å². The number of aliphatic hydroxyl groups is 1. The molecule has 0 aliphatic rings. The number of carbonyl (C=O) groups is 2. The summed E-state index contributed by atoms with van der Waals surface area (Å²) in [7, 11) is 1.27. The SMILES string of the molecule is COC(=O)[C@H](CC(C)C)NC(=O)[C@H](O)c1ccccc1. The van der Waals surface area contributed by atoms with Gasteiger partial charge < -0.3 is 15.2 Å². The van der Waals surface area contributed by atoms with Gasteiger partial charge in [0.05, 0.1) is 7.11 Å². The number of hydrogen-bond acceptors (Lipinski definition) is 4. The van der Waals surface area contributed by atoms with Crippen molar-refractivity contribution in [1.82, 2.24) is 5.32 Å². The molecule has 0 radical (unpaired) electrons. The van der Waals surface area contributed by atoms with Gasteiger partial charge in [-0.05, 0) is 17.9 Å². The Bertz CT molecular complexity index is 444. The van der Waals surface area contributed by atoms with Crippen LogP contribution in [0.4, 0.5) is 0 Å². The van der Waals surface area contributed by atoms with Crippen LogP contribution in [0.1, 0.15) is 31.9 Å². The third-order valence-corrected chi connectivity index (χ3v) is 2.87. The lowest BCUT2D eigenvalue weighted by Gasteiger charge is -2.20. The summed E-state index contributed by atoms with van der Waals surface area (Å²) in [5.41, 5.74) is 0.484. The summed E-state index contributed by atoms with van der Waals surface area (Å²) < 4.78 is 4.66. The number of methoxy groups -OCH3 is 1. The average molecular weight is 279 g/mol. The first-order valence-corrected chi connectivity index (χ1v) is 6.57. The normalized spacial score (nSPS) is 13.7. The number of aliphatic hydroxyl groups excluding tert-OH is 1. The maximum atomic E-state index is 12.0. The number of benzene rings is 1. The molecule has 2 atom stereocenters. The number of nitrogens with one attached hydrogen (secondary N) is 1. The van der Waals surface area contributed by atoms with Gasteiger partial charge in [0.25, 0.3) is 5.91 Å². The Balaban J connectivity index is 2.72. The largest absolute Gasteiger partial charge is 0.467 e. The van der Waals surface area contributed by atoms with Crippen molar-refractivity contribution in [2.45, 2.75) is 32.4 Å². The molecule has 1 amide bonds. The maximum absolute atomic E-state index is 12.0. The lowest BCUT2D eigenvalue weighted by molar-refractivity contribution is -0.146. The van der Waals surface area contributed by atoms with Gasteiger partial charge in [-0.3, -0.25) is 4.79 Å². The van der Waals surface area contributed by atoms with Gasteiger partial charge in [0.15, 0.2) is 6.10 Å². The van der Waals surface area contributed by atoms with E-state index in [2.05, 4.69) is 10.1 Å². The summed E-state index contributed by atoms with van der Waals surface area (Å²) in [6, 6.07) is 7.82. The zero-order chi connectivity index (χ0) is 15.1. The van der Waals surface area contributed by atoms with Gasteiger partial charge in [-0.2, -0.15) is 0 Å². The van der Waals surface area contributed by atoms with Crippen LogP contribution in [0.5, 0.6) is 0 Å². The molecule has 0 fully saturated rings. The van der Waals surface area contributed by atoms with Gasteiger partial charge in [-0.15, -0.1) is 0 Å². The minimum atomic E-state index is -1.30. The first-order chi connectivity index (χ1) is 9.45. The number of rotatable bonds is 6. The lowest BCUT2D eigenvalue weighted by atomic mass is 10.0. The molecule has 0 aliphatic carbocycles. The minimum Gasteiger partial charge on any atom is -0.467 e. The molecule has 0 unspecified atom stereocenters. The third kappa shape index (κ3) is 4.66. The fourth-order valence-electron chi connectivity index (χ4n) is 1.87. The number of carbonyl (C=O) groups excluding carboxylic acids is 2. The van der Waals surface area contributed by atoms with E-state index in [9.17, 15) is 14.7 Å². The van der Waals surface area contributed by atoms with Crippen molar-refractivity contribution in [3.05, 3.63) is 35.9 Å². The molecule has 0 bridgehead atoms. The van der Waals surface area contributed by atoms with Crippen LogP contribution in [0.25, 0.3) is 0 Å². The Morgan fingerprint density at radius 1 is 1.25 bits per heavy atom. The number of amides is 1. The van der Waals surface area contributed by atoms with Crippen LogP contribution in [0.2, 0.25) is 0 Å². The molecule has 5 nitrogen and oxygen atoms in total. The summed E-state index contributed by atoms with van der Waals surface area (Å²) in [5, 5.41) is 12.5. The summed E-state index contributed by atoms with van der Waals surface area (Å²) in [5.74, 6) is -0.896. The highest BCUT2D eigenvalue weighted by Gasteiger charge is 2.26. The average Bonchev–Trinajstić information content (AvgIpc) is 2.45. The summed E-state index contributed by atoms with van der Waals surface area (Å²) in [4.78, 5) is 23.6. The highest BCUT2D eigenvalue weighted by molar-refractivity contribution is 5.87. The van der Waals surface area contributed by atoms with Crippen molar-refractivity contribution in [2.24, 2.45) is 5.92 Å². The topological polar surface area (TPSA) is 75.6 Å². The van der Waals surface area contributed by atoms with Crippen LogP contribution in [0.15, 0.2) is 30.3 Å². The Labute approximate surface area is 118 Å². The molecule has 0 saturated heterocycles. The molecule has 0 heterocycles. The molecule has 1 aromatic rings. The Morgan fingerprint density at radius 3 is 2.35 bits per heavy atom. The quantitative estimate of drug-likeness (QED) is 0.772. The lowest BCUT2D eigenvalue weighted by Crippen LogP contribution is -2.44. The summed E-state index contributed by atoms with van der Waals surface area (Å²) in [6.07, 6.45) is -0.838. The number of hydrogen-bond donors (Lipinski definition) is 2. The van der Waals surface area contributed by atoms with Crippen LogP contribution < -0.4 is 5.32 Å². The summed E-state index contributed by atoms with van der Waals surface area (Å²) >= 11 is 0. The van der Waals surface area contributed by atoms with E-state index < -0.39 is 24.0 Å². The molecule has 1 aromatic carbocycles. The van der Waals surface area contributed by atoms with Gasteiger partial charge >= 0.3 is 5.97 Å². The van der Waals surface area contributed by atoms with E-state index in [1.54, 1.807) is 30.3 Å². The molecule has 1 rings (SSSR count). The van der Waals surface area contributed by atoms with Crippen LogP contribution in [-0.4, -0.2) is 30.1 Å². The Hall–Kier alpha value is -1.88. The molecule has 0 spiro atoms. The van der Waals surface area contributed by atoms with Gasteiger partial charge in [0.2, 0.25) is 0 Å². The van der Waals surface area contributed by atoms with Gasteiger partial charge in [-0.25, -0.2) is 4.79 Å². The summed E-state index contributed by atoms with van der Waals surface area (Å²) in [6.45, 7) is 3.88. The minimum absolute atomic E-state index is 0.216. The second-order valence-corrected chi connectivity index (χ2v) is 5.03. The monoisotopic (exact) mass is 279 g/mol. The standard InChI is InChI=1S/C15H21NO4/c1-10(2)9-12(15(19)20-3)16-14(18)13(17)11-7-5-4-6-8-11/h4-8,10,12-13,17H,9H2,1-3H3,(H,16,18)/t12-,13+/m0/s1. The van der Waals surface area contributed by atoms with E-state index in [0.717, 1.165) is 0 Å². The van der Waals surface area contributed by atoms with Crippen molar-refractivity contribution >= 4 is 11.9 Å². The zero-order valence-corrected chi connectivity index (χ0v) is 12.0. The van der Waals surface area contributed by atoms with Crippen molar-refractivity contribution in [2.75, 3.05) is 7.11 Å². The molecule has 0 saturated carbocycles. The van der Waals surface area contributed by atoms with Crippen molar-refractivity contribution in [3.8, 4) is 0 Å². The molecular weight excluding hydrogens is 258 g/mol. The molecule has 20 heavy (non-hydrogen) atoms.